The lowest BCUT2D eigenvalue weighted by molar-refractivity contribution is 0.148. The zero-order chi connectivity index (χ0) is 14.3. The highest BCUT2D eigenvalue weighted by Gasteiger charge is 2.11. The Morgan fingerprint density at radius 1 is 1.16 bits per heavy atom. The summed E-state index contributed by atoms with van der Waals surface area (Å²) in [6.45, 7) is 9.76. The van der Waals surface area contributed by atoms with Crippen molar-refractivity contribution in [3.8, 4) is 0 Å². The summed E-state index contributed by atoms with van der Waals surface area (Å²) in [6, 6.07) is 5.21. The topological polar surface area (TPSA) is 23.5 Å². The van der Waals surface area contributed by atoms with Crippen LogP contribution in [0.5, 0.6) is 0 Å². The quantitative estimate of drug-likeness (QED) is 0.731. The Kier molecular flexibility index (Phi) is 7.17. The van der Waals surface area contributed by atoms with Gasteiger partial charge in [-0.2, -0.15) is 0 Å². The van der Waals surface area contributed by atoms with Gasteiger partial charge >= 0.3 is 0 Å². The summed E-state index contributed by atoms with van der Waals surface area (Å²) in [7, 11) is 0. The summed E-state index contributed by atoms with van der Waals surface area (Å²) >= 11 is 11.8. The summed E-state index contributed by atoms with van der Waals surface area (Å²) in [5, 5.41) is 11.1. The van der Waals surface area contributed by atoms with Gasteiger partial charge in [0.25, 0.3) is 0 Å². The molecule has 0 aliphatic heterocycles. The second-order valence-electron chi connectivity index (χ2n) is 4.31. The molecule has 4 heteroatoms. The number of hydrogen-bond donors (Lipinski definition) is 1. The SMILES string of the molecule is C=CCN(CC=C)CCC(O)c1ccc(Cl)c(Cl)c1. The third kappa shape index (κ3) is 5.37. The molecule has 1 rings (SSSR count). The minimum atomic E-state index is -0.549. The zero-order valence-electron chi connectivity index (χ0n) is 10.9. The van der Waals surface area contributed by atoms with Crippen LogP contribution in [0, 0.1) is 0 Å². The molecule has 1 N–H and O–H groups in total. The fourth-order valence-corrected chi connectivity index (χ4v) is 2.12. The average Bonchev–Trinajstić information content (AvgIpc) is 2.39. The van der Waals surface area contributed by atoms with Crippen LogP contribution in [0.1, 0.15) is 18.1 Å². The minimum absolute atomic E-state index is 0.465. The number of hydrogen-bond acceptors (Lipinski definition) is 2. The number of benzene rings is 1. The molecule has 0 spiro atoms. The Balaban J connectivity index is 2.57. The van der Waals surface area contributed by atoms with Crippen molar-refractivity contribution < 1.29 is 5.11 Å². The van der Waals surface area contributed by atoms with Crippen LogP contribution in [0.2, 0.25) is 10.0 Å². The molecular weight excluding hydrogens is 281 g/mol. The first-order valence-corrected chi connectivity index (χ1v) is 6.91. The third-order valence-corrected chi connectivity index (χ3v) is 3.56. The Morgan fingerprint density at radius 2 is 1.79 bits per heavy atom. The van der Waals surface area contributed by atoms with E-state index in [-0.39, 0.29) is 0 Å². The monoisotopic (exact) mass is 299 g/mol. The third-order valence-electron chi connectivity index (χ3n) is 2.82. The maximum Gasteiger partial charge on any atom is 0.0802 e. The second-order valence-corrected chi connectivity index (χ2v) is 5.13. The summed E-state index contributed by atoms with van der Waals surface area (Å²) in [4.78, 5) is 2.15. The predicted molar refractivity (Wildman–Crippen MR) is 82.9 cm³/mol. The standard InChI is InChI=1S/C15H19Cl2NO/c1-3-8-18(9-4-2)10-7-15(19)12-5-6-13(16)14(17)11-12/h3-6,11,15,19H,1-2,7-10H2. The maximum absolute atomic E-state index is 10.1. The van der Waals surface area contributed by atoms with E-state index in [4.69, 9.17) is 23.2 Å². The molecule has 2 nitrogen and oxygen atoms in total. The minimum Gasteiger partial charge on any atom is -0.388 e. The van der Waals surface area contributed by atoms with Gasteiger partial charge in [0.2, 0.25) is 0 Å². The molecule has 0 heterocycles. The fourth-order valence-electron chi connectivity index (χ4n) is 1.81. The molecule has 104 valence electrons. The van der Waals surface area contributed by atoms with Gasteiger partial charge in [-0.3, -0.25) is 4.90 Å². The van der Waals surface area contributed by atoms with Gasteiger partial charge in [-0.15, -0.1) is 13.2 Å². The van der Waals surface area contributed by atoms with E-state index < -0.39 is 6.10 Å². The lowest BCUT2D eigenvalue weighted by atomic mass is 10.1. The Bertz CT molecular complexity index is 424. The summed E-state index contributed by atoms with van der Waals surface area (Å²) in [6.07, 6.45) is 3.76. The van der Waals surface area contributed by atoms with Crippen LogP contribution in [0.25, 0.3) is 0 Å². The summed E-state index contributed by atoms with van der Waals surface area (Å²) in [5.41, 5.74) is 0.784. The van der Waals surface area contributed by atoms with Crippen molar-refractivity contribution >= 4 is 23.2 Å². The lowest BCUT2D eigenvalue weighted by Gasteiger charge is -2.20. The van der Waals surface area contributed by atoms with Crippen LogP contribution in [0.15, 0.2) is 43.5 Å². The summed E-state index contributed by atoms with van der Waals surface area (Å²) < 4.78 is 0. The van der Waals surface area contributed by atoms with Crippen molar-refractivity contribution in [3.63, 3.8) is 0 Å². The van der Waals surface area contributed by atoms with Gasteiger partial charge in [0.1, 0.15) is 0 Å². The first-order chi connectivity index (χ1) is 9.08. The van der Waals surface area contributed by atoms with Crippen LogP contribution in [-0.2, 0) is 0 Å². The molecule has 0 saturated heterocycles. The van der Waals surface area contributed by atoms with E-state index in [2.05, 4.69) is 18.1 Å². The first kappa shape index (κ1) is 16.3. The first-order valence-electron chi connectivity index (χ1n) is 6.15. The van der Waals surface area contributed by atoms with Gasteiger partial charge < -0.3 is 5.11 Å². The number of halogens is 2. The van der Waals surface area contributed by atoms with E-state index in [9.17, 15) is 5.11 Å². The van der Waals surface area contributed by atoms with Crippen LogP contribution < -0.4 is 0 Å². The van der Waals surface area contributed by atoms with Crippen molar-refractivity contribution in [2.75, 3.05) is 19.6 Å². The highest BCUT2D eigenvalue weighted by Crippen LogP contribution is 2.26. The van der Waals surface area contributed by atoms with E-state index in [1.54, 1.807) is 18.2 Å². The van der Waals surface area contributed by atoms with Crippen LogP contribution >= 0.6 is 23.2 Å². The molecule has 0 radical (unpaired) electrons. The molecule has 19 heavy (non-hydrogen) atoms. The number of nitrogens with zero attached hydrogens (tertiary/aromatic N) is 1. The van der Waals surface area contributed by atoms with E-state index >= 15 is 0 Å². The Hall–Kier alpha value is -0.800. The number of rotatable bonds is 8. The number of aliphatic hydroxyl groups is 1. The van der Waals surface area contributed by atoms with E-state index in [1.165, 1.54) is 0 Å². The average molecular weight is 300 g/mol. The van der Waals surface area contributed by atoms with Crippen LogP contribution in [-0.4, -0.2) is 29.6 Å². The highest BCUT2D eigenvalue weighted by molar-refractivity contribution is 6.42. The molecule has 0 fully saturated rings. The van der Waals surface area contributed by atoms with Gasteiger partial charge in [-0.25, -0.2) is 0 Å². The van der Waals surface area contributed by atoms with E-state index in [0.29, 0.717) is 16.5 Å². The van der Waals surface area contributed by atoms with Gasteiger partial charge in [0, 0.05) is 19.6 Å². The Labute approximate surface area is 124 Å². The molecule has 1 aromatic rings. The molecule has 0 bridgehead atoms. The van der Waals surface area contributed by atoms with E-state index in [0.717, 1.165) is 25.2 Å². The molecular formula is C15H19Cl2NO. The molecule has 1 unspecified atom stereocenters. The van der Waals surface area contributed by atoms with Crippen LogP contribution in [0.4, 0.5) is 0 Å². The molecule has 0 aromatic heterocycles. The van der Waals surface area contributed by atoms with Crippen molar-refractivity contribution in [1.82, 2.24) is 4.90 Å². The normalized spacial score (nSPS) is 12.4. The largest absolute Gasteiger partial charge is 0.388 e. The van der Waals surface area contributed by atoms with Crippen molar-refractivity contribution in [2.24, 2.45) is 0 Å². The predicted octanol–water partition coefficient (Wildman–Crippen LogP) is 4.09. The molecule has 1 atom stereocenters. The van der Waals surface area contributed by atoms with E-state index in [1.807, 2.05) is 12.2 Å². The lowest BCUT2D eigenvalue weighted by Crippen LogP contribution is -2.26. The van der Waals surface area contributed by atoms with Crippen molar-refractivity contribution in [3.05, 3.63) is 59.1 Å². The molecule has 0 aliphatic carbocycles. The van der Waals surface area contributed by atoms with Gasteiger partial charge in [0.15, 0.2) is 0 Å². The second kappa shape index (κ2) is 8.39. The van der Waals surface area contributed by atoms with Crippen LogP contribution in [0.3, 0.4) is 0 Å². The molecule has 0 aliphatic rings. The summed E-state index contributed by atoms with van der Waals surface area (Å²) in [5.74, 6) is 0. The highest BCUT2D eigenvalue weighted by atomic mass is 35.5. The number of aliphatic hydroxyl groups excluding tert-OH is 1. The fraction of sp³-hybridized carbons (Fsp3) is 0.333. The van der Waals surface area contributed by atoms with Crippen molar-refractivity contribution in [2.45, 2.75) is 12.5 Å². The molecule has 1 aromatic carbocycles. The van der Waals surface area contributed by atoms with Crippen molar-refractivity contribution in [1.29, 1.82) is 0 Å². The Morgan fingerprint density at radius 3 is 2.32 bits per heavy atom. The van der Waals surface area contributed by atoms with Gasteiger partial charge in [0.05, 0.1) is 16.1 Å². The smallest absolute Gasteiger partial charge is 0.0802 e. The molecule has 0 amide bonds. The van der Waals surface area contributed by atoms with Gasteiger partial charge in [-0.05, 0) is 24.1 Å². The van der Waals surface area contributed by atoms with Gasteiger partial charge in [-0.1, -0.05) is 41.4 Å². The molecule has 0 saturated carbocycles. The zero-order valence-corrected chi connectivity index (χ0v) is 12.4. The maximum atomic E-state index is 10.1.